The smallest absolute Gasteiger partial charge is 0.178 e. The van der Waals surface area contributed by atoms with Gasteiger partial charge in [0.1, 0.15) is 9.84 Å². The van der Waals surface area contributed by atoms with Crippen molar-refractivity contribution in [1.82, 2.24) is 9.55 Å². The summed E-state index contributed by atoms with van der Waals surface area (Å²) in [5.41, 5.74) is 1.82. The molecule has 4 nitrogen and oxygen atoms in total. The molecule has 17 heavy (non-hydrogen) atoms. The fourth-order valence-corrected chi connectivity index (χ4v) is 2.77. The lowest BCUT2D eigenvalue weighted by molar-refractivity contribution is 0.595. The van der Waals surface area contributed by atoms with Gasteiger partial charge < -0.3 is 9.55 Å². The van der Waals surface area contributed by atoms with Gasteiger partial charge in [-0.2, -0.15) is 0 Å². The Morgan fingerprint density at radius 1 is 1.47 bits per heavy atom. The fourth-order valence-electron chi connectivity index (χ4n) is 1.61. The van der Waals surface area contributed by atoms with Crippen LogP contribution in [-0.4, -0.2) is 30.0 Å². The van der Waals surface area contributed by atoms with Crippen LogP contribution in [0.2, 0.25) is 0 Å². The highest BCUT2D eigenvalue weighted by atomic mass is 79.9. The zero-order chi connectivity index (χ0) is 12.6. The Hall–Kier alpha value is -0.660. The number of rotatable bonds is 3. The number of benzene rings is 1. The number of aromatic nitrogens is 2. The van der Waals surface area contributed by atoms with Crippen LogP contribution in [0, 0.1) is 4.77 Å². The van der Waals surface area contributed by atoms with Crippen LogP contribution in [0.5, 0.6) is 0 Å². The lowest BCUT2D eigenvalue weighted by atomic mass is 10.3. The Labute approximate surface area is 113 Å². The summed E-state index contributed by atoms with van der Waals surface area (Å²) in [7, 11) is -2.99. The number of aryl methyl sites for hydroxylation is 1. The number of nitrogens with one attached hydrogen (secondary N) is 1. The SMILES string of the molecule is CS(=O)(=O)CCn1c(=S)[nH]c2ccc(Br)cc21. The number of halogens is 1. The number of sulfone groups is 1. The summed E-state index contributed by atoms with van der Waals surface area (Å²) in [5.74, 6) is 0.0841. The Kier molecular flexibility index (Phi) is 3.42. The minimum Gasteiger partial charge on any atom is -0.331 e. The average Bonchev–Trinajstić information content (AvgIpc) is 2.49. The van der Waals surface area contributed by atoms with Crippen molar-refractivity contribution in [2.24, 2.45) is 0 Å². The van der Waals surface area contributed by atoms with Gasteiger partial charge in [-0.1, -0.05) is 15.9 Å². The highest BCUT2D eigenvalue weighted by Gasteiger charge is 2.08. The van der Waals surface area contributed by atoms with Gasteiger partial charge in [-0.15, -0.1) is 0 Å². The molecule has 0 saturated carbocycles. The predicted molar refractivity (Wildman–Crippen MR) is 74.5 cm³/mol. The number of fused-ring (bicyclic) bond motifs is 1. The van der Waals surface area contributed by atoms with E-state index in [4.69, 9.17) is 12.2 Å². The molecular weight excluding hydrogens is 324 g/mol. The first-order valence-electron chi connectivity index (χ1n) is 4.92. The van der Waals surface area contributed by atoms with E-state index in [9.17, 15) is 8.42 Å². The molecule has 2 aromatic rings. The Bertz CT molecular complexity index is 715. The van der Waals surface area contributed by atoms with Crippen molar-refractivity contribution in [3.05, 3.63) is 27.4 Å². The van der Waals surface area contributed by atoms with E-state index in [0.29, 0.717) is 11.3 Å². The summed E-state index contributed by atoms with van der Waals surface area (Å²) in [6, 6.07) is 5.74. The average molecular weight is 335 g/mol. The number of imidazole rings is 1. The summed E-state index contributed by atoms with van der Waals surface area (Å²) in [6.07, 6.45) is 1.22. The second-order valence-electron chi connectivity index (χ2n) is 3.87. The van der Waals surface area contributed by atoms with Crippen molar-refractivity contribution < 1.29 is 8.42 Å². The van der Waals surface area contributed by atoms with Crippen LogP contribution in [0.1, 0.15) is 0 Å². The topological polar surface area (TPSA) is 54.9 Å². The summed E-state index contributed by atoms with van der Waals surface area (Å²) < 4.78 is 25.6. The minimum absolute atomic E-state index is 0.0841. The molecule has 7 heteroatoms. The van der Waals surface area contributed by atoms with Crippen molar-refractivity contribution >= 4 is 49.0 Å². The van der Waals surface area contributed by atoms with Gasteiger partial charge in [0.25, 0.3) is 0 Å². The number of H-pyrrole nitrogens is 1. The molecule has 0 aliphatic heterocycles. The van der Waals surface area contributed by atoms with Crippen molar-refractivity contribution in [2.45, 2.75) is 6.54 Å². The van der Waals surface area contributed by atoms with E-state index in [-0.39, 0.29) is 5.75 Å². The maximum Gasteiger partial charge on any atom is 0.178 e. The lowest BCUT2D eigenvalue weighted by Crippen LogP contribution is -2.11. The van der Waals surface area contributed by atoms with E-state index in [1.54, 1.807) is 4.57 Å². The summed E-state index contributed by atoms with van der Waals surface area (Å²) in [5, 5.41) is 0. The van der Waals surface area contributed by atoms with Crippen molar-refractivity contribution in [3.63, 3.8) is 0 Å². The zero-order valence-corrected chi connectivity index (χ0v) is 12.3. The molecule has 0 fully saturated rings. The lowest BCUT2D eigenvalue weighted by Gasteiger charge is -2.03. The molecule has 1 heterocycles. The van der Waals surface area contributed by atoms with E-state index >= 15 is 0 Å². The third-order valence-electron chi connectivity index (χ3n) is 2.42. The largest absolute Gasteiger partial charge is 0.331 e. The van der Waals surface area contributed by atoms with Gasteiger partial charge in [0.2, 0.25) is 0 Å². The molecule has 0 saturated heterocycles. The van der Waals surface area contributed by atoms with Crippen molar-refractivity contribution in [1.29, 1.82) is 0 Å². The highest BCUT2D eigenvalue weighted by molar-refractivity contribution is 9.10. The van der Waals surface area contributed by atoms with Crippen molar-refractivity contribution in [2.75, 3.05) is 12.0 Å². The normalized spacial score (nSPS) is 12.1. The fraction of sp³-hybridized carbons (Fsp3) is 0.300. The molecule has 0 unspecified atom stereocenters. The first-order valence-corrected chi connectivity index (χ1v) is 8.19. The minimum atomic E-state index is -2.99. The molecule has 1 aromatic heterocycles. The molecule has 0 aliphatic rings. The maximum atomic E-state index is 11.2. The molecule has 0 aliphatic carbocycles. The van der Waals surface area contributed by atoms with Gasteiger partial charge in [0, 0.05) is 17.3 Å². The van der Waals surface area contributed by atoms with Crippen LogP contribution >= 0.6 is 28.1 Å². The van der Waals surface area contributed by atoms with Crippen LogP contribution in [0.15, 0.2) is 22.7 Å². The van der Waals surface area contributed by atoms with Crippen LogP contribution in [0.25, 0.3) is 11.0 Å². The first-order chi connectivity index (χ1) is 7.87. The van der Waals surface area contributed by atoms with Gasteiger partial charge in [0.15, 0.2) is 4.77 Å². The van der Waals surface area contributed by atoms with E-state index < -0.39 is 9.84 Å². The molecule has 1 N–H and O–H groups in total. The highest BCUT2D eigenvalue weighted by Crippen LogP contribution is 2.19. The van der Waals surface area contributed by atoms with E-state index in [1.165, 1.54) is 6.26 Å². The van der Waals surface area contributed by atoms with Gasteiger partial charge in [0.05, 0.1) is 16.8 Å². The number of nitrogens with zero attached hydrogens (tertiary/aromatic N) is 1. The Morgan fingerprint density at radius 2 is 2.18 bits per heavy atom. The van der Waals surface area contributed by atoms with Crippen LogP contribution < -0.4 is 0 Å². The molecule has 0 spiro atoms. The molecule has 92 valence electrons. The Morgan fingerprint density at radius 3 is 2.82 bits per heavy atom. The molecule has 2 rings (SSSR count). The van der Waals surface area contributed by atoms with Crippen molar-refractivity contribution in [3.8, 4) is 0 Å². The van der Waals surface area contributed by atoms with Crippen LogP contribution in [0.4, 0.5) is 0 Å². The molecule has 1 aromatic carbocycles. The second-order valence-corrected chi connectivity index (χ2v) is 7.44. The van der Waals surface area contributed by atoms with E-state index in [1.807, 2.05) is 18.2 Å². The molecule has 0 radical (unpaired) electrons. The number of hydrogen-bond donors (Lipinski definition) is 1. The standard InChI is InChI=1S/C10H11BrN2O2S2/c1-17(14,15)5-4-13-9-6-7(11)2-3-8(9)12-10(13)16/h2-3,6H,4-5H2,1H3,(H,12,16). The summed E-state index contributed by atoms with van der Waals surface area (Å²) in [6.45, 7) is 0.369. The summed E-state index contributed by atoms with van der Waals surface area (Å²) >= 11 is 8.57. The van der Waals surface area contributed by atoms with Gasteiger partial charge in [-0.25, -0.2) is 8.42 Å². The maximum absolute atomic E-state index is 11.2. The van der Waals surface area contributed by atoms with E-state index in [2.05, 4.69) is 20.9 Å². The molecule has 0 bridgehead atoms. The monoisotopic (exact) mass is 334 g/mol. The van der Waals surface area contributed by atoms with Crippen LogP contribution in [-0.2, 0) is 16.4 Å². The summed E-state index contributed by atoms with van der Waals surface area (Å²) in [4.78, 5) is 3.05. The zero-order valence-electron chi connectivity index (χ0n) is 9.10. The number of aromatic amines is 1. The molecule has 0 atom stereocenters. The van der Waals surface area contributed by atoms with Gasteiger partial charge in [-0.05, 0) is 30.4 Å². The van der Waals surface area contributed by atoms with Gasteiger partial charge in [-0.3, -0.25) is 0 Å². The quantitative estimate of drug-likeness (QED) is 0.877. The third kappa shape index (κ3) is 2.97. The first kappa shape index (κ1) is 12.8. The third-order valence-corrected chi connectivity index (χ3v) is 4.16. The van der Waals surface area contributed by atoms with Crippen LogP contribution in [0.3, 0.4) is 0 Å². The number of hydrogen-bond acceptors (Lipinski definition) is 3. The predicted octanol–water partition coefficient (Wildman–Crippen LogP) is 2.51. The van der Waals surface area contributed by atoms with Gasteiger partial charge >= 0.3 is 0 Å². The molecular formula is C10H11BrN2O2S2. The van der Waals surface area contributed by atoms with E-state index in [0.717, 1.165) is 15.5 Å². The Balaban J connectivity index is 2.49. The molecule has 0 amide bonds. The second kappa shape index (κ2) is 4.55.